The summed E-state index contributed by atoms with van der Waals surface area (Å²) in [5.41, 5.74) is 7.19. The molecular formula is C25H29FN6O4. The number of hydrogen-bond donors (Lipinski definition) is 1. The second-order valence-corrected chi connectivity index (χ2v) is 9.11. The lowest BCUT2D eigenvalue weighted by atomic mass is 9.92. The first kappa shape index (κ1) is 24.0. The van der Waals surface area contributed by atoms with Gasteiger partial charge in [-0.1, -0.05) is 0 Å². The molecule has 3 aromatic rings. The lowest BCUT2D eigenvalue weighted by Crippen LogP contribution is -2.41. The van der Waals surface area contributed by atoms with Crippen LogP contribution in [-0.4, -0.2) is 69.5 Å². The molecule has 0 radical (unpaired) electrons. The van der Waals surface area contributed by atoms with Crippen LogP contribution in [-0.2, 0) is 9.63 Å². The van der Waals surface area contributed by atoms with Crippen LogP contribution < -0.4 is 10.5 Å². The lowest BCUT2D eigenvalue weighted by molar-refractivity contribution is -0.130. The van der Waals surface area contributed by atoms with Gasteiger partial charge in [0.1, 0.15) is 34.4 Å². The number of nitrogen functional groups attached to an aromatic ring is 1. The first-order chi connectivity index (χ1) is 17.3. The third-order valence-electron chi connectivity index (χ3n) is 7.09. The van der Waals surface area contributed by atoms with E-state index in [0.29, 0.717) is 24.3 Å². The van der Waals surface area contributed by atoms with Crippen molar-refractivity contribution in [1.82, 2.24) is 24.3 Å². The molecule has 190 valence electrons. The van der Waals surface area contributed by atoms with Crippen molar-refractivity contribution in [3.8, 4) is 17.0 Å². The summed E-state index contributed by atoms with van der Waals surface area (Å²) in [7, 11) is 2.79. The number of carbonyl (C=O) groups is 2. The second-order valence-electron chi connectivity index (χ2n) is 9.11. The maximum atomic E-state index is 15.7. The van der Waals surface area contributed by atoms with Gasteiger partial charge in [0.25, 0.3) is 5.91 Å². The number of halogens is 1. The minimum Gasteiger partial charge on any atom is -0.493 e. The van der Waals surface area contributed by atoms with Gasteiger partial charge in [-0.05, 0) is 38.3 Å². The van der Waals surface area contributed by atoms with Crippen LogP contribution in [0.5, 0.6) is 5.75 Å². The molecule has 4 heterocycles. The van der Waals surface area contributed by atoms with Crippen molar-refractivity contribution in [3.05, 3.63) is 41.7 Å². The normalized spacial score (nSPS) is 19.6. The number of imidazole rings is 1. The number of nitrogens with two attached hydrogens (primary N) is 1. The summed E-state index contributed by atoms with van der Waals surface area (Å²) in [4.78, 5) is 41.0. The molecule has 2 aliphatic rings. The number of rotatable bonds is 6. The smallest absolute Gasteiger partial charge is 0.277 e. The molecule has 0 bridgehead atoms. The summed E-state index contributed by atoms with van der Waals surface area (Å²) in [6.45, 7) is 2.58. The number of carbonyl (C=O) groups excluding carboxylic acids is 2. The number of benzene rings is 1. The molecule has 0 saturated carbocycles. The predicted molar refractivity (Wildman–Crippen MR) is 130 cm³/mol. The van der Waals surface area contributed by atoms with E-state index in [-0.39, 0.29) is 52.9 Å². The minimum absolute atomic E-state index is 0.0406. The van der Waals surface area contributed by atoms with Gasteiger partial charge in [0.15, 0.2) is 0 Å². The van der Waals surface area contributed by atoms with Crippen LogP contribution in [0.3, 0.4) is 0 Å². The number of nitrogens with zero attached hydrogens (tertiary/aromatic N) is 5. The van der Waals surface area contributed by atoms with Crippen LogP contribution >= 0.6 is 0 Å². The molecule has 0 spiro atoms. The molecule has 1 aromatic carbocycles. The fourth-order valence-electron chi connectivity index (χ4n) is 5.30. The molecular weight excluding hydrogens is 467 g/mol. The number of anilines is 1. The van der Waals surface area contributed by atoms with E-state index in [1.807, 2.05) is 9.30 Å². The topological polar surface area (TPSA) is 115 Å². The lowest BCUT2D eigenvalue weighted by Gasteiger charge is -2.34. The Morgan fingerprint density at radius 1 is 1.31 bits per heavy atom. The number of aromatic nitrogens is 3. The van der Waals surface area contributed by atoms with Crippen LogP contribution in [0.2, 0.25) is 0 Å². The highest BCUT2D eigenvalue weighted by Crippen LogP contribution is 2.41. The zero-order chi connectivity index (χ0) is 25.6. The molecule has 2 aromatic heterocycles. The van der Waals surface area contributed by atoms with Crippen molar-refractivity contribution < 1.29 is 23.6 Å². The Morgan fingerprint density at radius 3 is 2.86 bits per heavy atom. The average molecular weight is 497 g/mol. The number of hydrogen-bond acceptors (Lipinski definition) is 7. The molecule has 36 heavy (non-hydrogen) atoms. The van der Waals surface area contributed by atoms with E-state index < -0.39 is 11.7 Å². The van der Waals surface area contributed by atoms with Crippen molar-refractivity contribution >= 4 is 23.1 Å². The van der Waals surface area contributed by atoms with Crippen LogP contribution in [0, 0.1) is 5.82 Å². The Kier molecular flexibility index (Phi) is 6.25. The number of piperidine rings is 1. The van der Waals surface area contributed by atoms with Gasteiger partial charge in [-0.3, -0.25) is 18.8 Å². The fraction of sp³-hybridized carbons (Fsp3) is 0.440. The number of fused-ring (bicyclic) bond motifs is 2. The standard InChI is InChI=1S/C25H29FN6O4/c1-4-36-18-12-15(25(34)30(2)35-3)11-17(26)20(18)21-22-23(27)28-9-10-31(22)24(29-21)14-5-6-16-7-8-19(33)32(16)13-14/h9-12,14,16H,4-8,13H2,1-3H3,(H2,27,28)/t14-,16+/m1/s1. The van der Waals surface area contributed by atoms with Crippen molar-refractivity contribution in [2.75, 3.05) is 33.0 Å². The van der Waals surface area contributed by atoms with Crippen molar-refractivity contribution in [2.24, 2.45) is 0 Å². The molecule has 2 fully saturated rings. The van der Waals surface area contributed by atoms with Crippen LogP contribution in [0.4, 0.5) is 10.2 Å². The summed E-state index contributed by atoms with van der Waals surface area (Å²) >= 11 is 0. The van der Waals surface area contributed by atoms with Crippen LogP contribution in [0.25, 0.3) is 16.8 Å². The Morgan fingerprint density at radius 2 is 2.11 bits per heavy atom. The third kappa shape index (κ3) is 3.93. The monoisotopic (exact) mass is 496 g/mol. The first-order valence-electron chi connectivity index (χ1n) is 12.0. The molecule has 2 saturated heterocycles. The third-order valence-corrected chi connectivity index (χ3v) is 7.09. The summed E-state index contributed by atoms with van der Waals surface area (Å²) in [5, 5.41) is 1.01. The Hall–Kier alpha value is -3.73. The van der Waals surface area contributed by atoms with Crippen LogP contribution in [0.1, 0.15) is 54.7 Å². The minimum atomic E-state index is -0.679. The van der Waals surface area contributed by atoms with Crippen molar-refractivity contribution in [2.45, 2.75) is 44.6 Å². The first-order valence-corrected chi connectivity index (χ1v) is 12.0. The molecule has 5 rings (SSSR count). The highest BCUT2D eigenvalue weighted by Gasteiger charge is 2.38. The molecule has 0 unspecified atom stereocenters. The maximum absolute atomic E-state index is 15.7. The van der Waals surface area contributed by atoms with Gasteiger partial charge in [0, 0.05) is 49.9 Å². The van der Waals surface area contributed by atoms with Gasteiger partial charge in [-0.25, -0.2) is 19.4 Å². The van der Waals surface area contributed by atoms with Gasteiger partial charge < -0.3 is 15.4 Å². The molecule has 0 aliphatic carbocycles. The summed E-state index contributed by atoms with van der Waals surface area (Å²) in [6.07, 6.45) is 6.54. The van der Waals surface area contributed by atoms with Gasteiger partial charge in [-0.2, -0.15) is 0 Å². The van der Waals surface area contributed by atoms with Gasteiger partial charge in [0.2, 0.25) is 5.91 Å². The van der Waals surface area contributed by atoms with E-state index in [2.05, 4.69) is 4.98 Å². The van der Waals surface area contributed by atoms with E-state index >= 15 is 4.39 Å². The highest BCUT2D eigenvalue weighted by molar-refractivity contribution is 5.96. The van der Waals surface area contributed by atoms with Crippen molar-refractivity contribution in [1.29, 1.82) is 0 Å². The number of amides is 2. The Balaban J connectivity index is 1.65. The predicted octanol–water partition coefficient (Wildman–Crippen LogP) is 3.02. The Bertz CT molecular complexity index is 1340. The number of hydroxylamine groups is 2. The summed E-state index contributed by atoms with van der Waals surface area (Å²) < 4.78 is 23.3. The van der Waals surface area contributed by atoms with E-state index in [1.165, 1.54) is 20.2 Å². The SMILES string of the molecule is CCOc1cc(C(=O)N(C)OC)cc(F)c1-c1nc([C@@H]2CC[C@H]3CCC(=O)N3C2)n2ccnc(N)c12. The molecule has 2 N–H and O–H groups in total. The van der Waals surface area contributed by atoms with E-state index in [1.54, 1.807) is 19.3 Å². The maximum Gasteiger partial charge on any atom is 0.277 e. The quantitative estimate of drug-likeness (QED) is 0.522. The van der Waals surface area contributed by atoms with E-state index in [0.717, 1.165) is 30.4 Å². The Labute approximate surface area is 207 Å². The van der Waals surface area contributed by atoms with Gasteiger partial charge in [0.05, 0.1) is 19.3 Å². The molecule has 2 amide bonds. The average Bonchev–Trinajstić information content (AvgIpc) is 3.44. The number of ether oxygens (including phenoxy) is 1. The molecule has 2 aliphatic heterocycles. The van der Waals surface area contributed by atoms with Gasteiger partial charge in [-0.15, -0.1) is 0 Å². The molecule has 11 heteroatoms. The van der Waals surface area contributed by atoms with E-state index in [4.69, 9.17) is 20.3 Å². The second kappa shape index (κ2) is 9.38. The van der Waals surface area contributed by atoms with Gasteiger partial charge >= 0.3 is 0 Å². The van der Waals surface area contributed by atoms with Crippen molar-refractivity contribution in [3.63, 3.8) is 0 Å². The highest BCUT2D eigenvalue weighted by atomic mass is 19.1. The summed E-state index contributed by atoms with van der Waals surface area (Å²) in [6, 6.07) is 2.90. The molecule has 10 nitrogen and oxygen atoms in total. The zero-order valence-electron chi connectivity index (χ0n) is 20.5. The molecule has 2 atom stereocenters. The zero-order valence-corrected chi connectivity index (χ0v) is 20.5. The largest absolute Gasteiger partial charge is 0.493 e. The van der Waals surface area contributed by atoms with E-state index in [9.17, 15) is 9.59 Å². The fourth-order valence-corrected chi connectivity index (χ4v) is 5.30. The van der Waals surface area contributed by atoms with Crippen LogP contribution in [0.15, 0.2) is 24.5 Å². The summed E-state index contributed by atoms with van der Waals surface area (Å²) in [5.74, 6) is -0.0288.